The van der Waals surface area contributed by atoms with Gasteiger partial charge >= 0.3 is 0 Å². The van der Waals surface area contributed by atoms with E-state index in [2.05, 4.69) is 5.32 Å². The Labute approximate surface area is 130 Å². The monoisotopic (exact) mass is 299 g/mol. The largest absolute Gasteiger partial charge is 0.484 e. The first-order valence-corrected chi connectivity index (χ1v) is 7.79. The highest BCUT2D eigenvalue weighted by Crippen LogP contribution is 2.33. The Balaban J connectivity index is 1.43. The van der Waals surface area contributed by atoms with Crippen molar-refractivity contribution in [1.82, 2.24) is 5.32 Å². The van der Waals surface area contributed by atoms with E-state index >= 15 is 0 Å². The van der Waals surface area contributed by atoms with Crippen LogP contribution < -0.4 is 10.1 Å². The molecule has 2 aromatic rings. The number of carbonyl (C=O) groups is 1. The Bertz CT molecular complexity index is 652. The third-order valence-corrected chi connectivity index (χ3v) is 4.02. The minimum Gasteiger partial charge on any atom is -0.484 e. The summed E-state index contributed by atoms with van der Waals surface area (Å²) in [5.74, 6) is 0.980. The molecule has 1 atom stereocenters. The standard InChI is InChI=1S/C18H21NO3/c20-17(14-5-6-14)9-10-19-18(21)12-22-16-8-7-13-3-1-2-4-15(13)11-16/h1-4,7-8,11,14,17,20H,5-6,9-10,12H2,(H,19,21)/t17-/m0/s1. The average Bonchev–Trinajstić information content (AvgIpc) is 3.37. The van der Waals surface area contributed by atoms with Gasteiger partial charge in [-0.2, -0.15) is 0 Å². The summed E-state index contributed by atoms with van der Waals surface area (Å²) in [5, 5.41) is 14.7. The number of ether oxygens (including phenoxy) is 1. The predicted octanol–water partition coefficient (Wildman–Crippen LogP) is 2.50. The highest BCUT2D eigenvalue weighted by atomic mass is 16.5. The number of amides is 1. The molecule has 0 unspecified atom stereocenters. The minimum atomic E-state index is -0.276. The quantitative estimate of drug-likeness (QED) is 0.826. The Morgan fingerprint density at radius 2 is 2.00 bits per heavy atom. The zero-order chi connectivity index (χ0) is 15.4. The summed E-state index contributed by atoms with van der Waals surface area (Å²) >= 11 is 0. The number of hydrogen-bond acceptors (Lipinski definition) is 3. The van der Waals surface area contributed by atoms with Gasteiger partial charge in [-0.05, 0) is 48.1 Å². The number of benzene rings is 2. The van der Waals surface area contributed by atoms with Gasteiger partial charge in [-0.1, -0.05) is 30.3 Å². The van der Waals surface area contributed by atoms with Gasteiger partial charge in [0.1, 0.15) is 5.75 Å². The summed E-state index contributed by atoms with van der Waals surface area (Å²) in [6.45, 7) is 0.495. The maximum atomic E-state index is 11.7. The molecule has 3 rings (SSSR count). The number of carbonyl (C=O) groups excluding carboxylic acids is 1. The van der Waals surface area contributed by atoms with E-state index in [1.807, 2.05) is 42.5 Å². The molecule has 116 valence electrons. The molecule has 1 amide bonds. The van der Waals surface area contributed by atoms with Crippen molar-refractivity contribution >= 4 is 16.7 Å². The summed E-state index contributed by atoms with van der Waals surface area (Å²) < 4.78 is 5.52. The highest BCUT2D eigenvalue weighted by molar-refractivity contribution is 5.84. The molecule has 4 heteroatoms. The van der Waals surface area contributed by atoms with Crippen LogP contribution in [0.25, 0.3) is 10.8 Å². The maximum absolute atomic E-state index is 11.7. The van der Waals surface area contributed by atoms with Crippen molar-refractivity contribution in [2.45, 2.75) is 25.4 Å². The molecular formula is C18H21NO3. The van der Waals surface area contributed by atoms with Crippen molar-refractivity contribution in [3.05, 3.63) is 42.5 Å². The smallest absolute Gasteiger partial charge is 0.257 e. The molecule has 0 bridgehead atoms. The molecule has 1 aliphatic rings. The van der Waals surface area contributed by atoms with Crippen LogP contribution >= 0.6 is 0 Å². The number of hydrogen-bond donors (Lipinski definition) is 2. The molecule has 1 saturated carbocycles. The van der Waals surface area contributed by atoms with E-state index in [-0.39, 0.29) is 18.6 Å². The molecule has 1 aliphatic carbocycles. The second-order valence-corrected chi connectivity index (χ2v) is 5.84. The van der Waals surface area contributed by atoms with Crippen LogP contribution in [0.3, 0.4) is 0 Å². The fourth-order valence-electron chi connectivity index (χ4n) is 2.53. The van der Waals surface area contributed by atoms with Crippen LogP contribution in [-0.2, 0) is 4.79 Å². The minimum absolute atomic E-state index is 0.00212. The number of aliphatic hydroxyl groups excluding tert-OH is 1. The zero-order valence-electron chi connectivity index (χ0n) is 12.5. The van der Waals surface area contributed by atoms with Crippen molar-refractivity contribution in [1.29, 1.82) is 0 Å². The van der Waals surface area contributed by atoms with Gasteiger partial charge in [-0.3, -0.25) is 4.79 Å². The average molecular weight is 299 g/mol. The lowest BCUT2D eigenvalue weighted by atomic mass is 10.1. The third-order valence-electron chi connectivity index (χ3n) is 4.02. The van der Waals surface area contributed by atoms with Crippen LogP contribution in [-0.4, -0.2) is 30.3 Å². The van der Waals surface area contributed by atoms with Crippen molar-refractivity contribution in [2.24, 2.45) is 5.92 Å². The predicted molar refractivity (Wildman–Crippen MR) is 85.8 cm³/mol. The van der Waals surface area contributed by atoms with E-state index in [4.69, 9.17) is 4.74 Å². The summed E-state index contributed by atoms with van der Waals surface area (Å²) in [5.41, 5.74) is 0. The van der Waals surface area contributed by atoms with Crippen molar-refractivity contribution < 1.29 is 14.6 Å². The van der Waals surface area contributed by atoms with E-state index in [9.17, 15) is 9.90 Å². The Morgan fingerprint density at radius 1 is 1.23 bits per heavy atom. The van der Waals surface area contributed by atoms with Crippen LogP contribution in [0.2, 0.25) is 0 Å². The fraction of sp³-hybridized carbons (Fsp3) is 0.389. The fourth-order valence-corrected chi connectivity index (χ4v) is 2.53. The first-order valence-electron chi connectivity index (χ1n) is 7.79. The topological polar surface area (TPSA) is 58.6 Å². The molecule has 1 fully saturated rings. The number of fused-ring (bicyclic) bond motifs is 1. The van der Waals surface area contributed by atoms with Crippen molar-refractivity contribution in [3.8, 4) is 5.75 Å². The summed E-state index contributed by atoms with van der Waals surface area (Å²) in [6, 6.07) is 13.8. The van der Waals surface area contributed by atoms with Crippen LogP contribution in [0.1, 0.15) is 19.3 Å². The Kier molecular flexibility index (Phi) is 4.59. The van der Waals surface area contributed by atoms with E-state index in [0.717, 1.165) is 23.6 Å². The maximum Gasteiger partial charge on any atom is 0.257 e. The lowest BCUT2D eigenvalue weighted by Crippen LogP contribution is -2.31. The Morgan fingerprint density at radius 3 is 2.77 bits per heavy atom. The Hall–Kier alpha value is -2.07. The van der Waals surface area contributed by atoms with Crippen LogP contribution in [0.5, 0.6) is 5.75 Å². The van der Waals surface area contributed by atoms with Crippen molar-refractivity contribution in [3.63, 3.8) is 0 Å². The van der Waals surface area contributed by atoms with Gasteiger partial charge < -0.3 is 15.2 Å². The van der Waals surface area contributed by atoms with E-state index in [0.29, 0.717) is 24.6 Å². The third kappa shape index (κ3) is 3.98. The first kappa shape index (κ1) is 14.9. The molecule has 0 aliphatic heterocycles. The van der Waals surface area contributed by atoms with Crippen LogP contribution in [0.15, 0.2) is 42.5 Å². The normalized spacial score (nSPS) is 15.5. The number of rotatable bonds is 7. The van der Waals surface area contributed by atoms with E-state index in [1.165, 1.54) is 0 Å². The van der Waals surface area contributed by atoms with Gasteiger partial charge in [-0.25, -0.2) is 0 Å². The summed E-state index contributed by atoms with van der Waals surface area (Å²) in [6.07, 6.45) is 2.56. The van der Waals surface area contributed by atoms with Crippen molar-refractivity contribution in [2.75, 3.05) is 13.2 Å². The number of aliphatic hydroxyl groups is 1. The SMILES string of the molecule is O=C(COc1ccc2ccccc2c1)NCC[C@H](O)C1CC1. The first-order chi connectivity index (χ1) is 10.7. The highest BCUT2D eigenvalue weighted by Gasteiger charge is 2.29. The molecule has 22 heavy (non-hydrogen) atoms. The molecule has 0 radical (unpaired) electrons. The van der Waals surface area contributed by atoms with Crippen LogP contribution in [0, 0.1) is 5.92 Å². The molecule has 2 aromatic carbocycles. The summed E-state index contributed by atoms with van der Waals surface area (Å²) in [7, 11) is 0. The van der Waals surface area contributed by atoms with Gasteiger partial charge in [0.2, 0.25) is 0 Å². The lowest BCUT2D eigenvalue weighted by molar-refractivity contribution is -0.123. The van der Waals surface area contributed by atoms with Gasteiger partial charge in [0, 0.05) is 6.54 Å². The van der Waals surface area contributed by atoms with E-state index in [1.54, 1.807) is 0 Å². The molecule has 0 spiro atoms. The van der Waals surface area contributed by atoms with Crippen LogP contribution in [0.4, 0.5) is 0 Å². The second-order valence-electron chi connectivity index (χ2n) is 5.84. The molecule has 4 nitrogen and oxygen atoms in total. The van der Waals surface area contributed by atoms with E-state index < -0.39 is 0 Å². The number of nitrogens with one attached hydrogen (secondary N) is 1. The second kappa shape index (κ2) is 6.79. The van der Waals surface area contributed by atoms with Gasteiger partial charge in [-0.15, -0.1) is 0 Å². The molecule has 2 N–H and O–H groups in total. The van der Waals surface area contributed by atoms with Gasteiger partial charge in [0.25, 0.3) is 5.91 Å². The molecule has 0 saturated heterocycles. The molecule has 0 aromatic heterocycles. The summed E-state index contributed by atoms with van der Waals surface area (Å²) in [4.78, 5) is 11.7. The zero-order valence-corrected chi connectivity index (χ0v) is 12.5. The molecular weight excluding hydrogens is 278 g/mol. The van der Waals surface area contributed by atoms with Gasteiger partial charge in [0.05, 0.1) is 6.10 Å². The lowest BCUT2D eigenvalue weighted by Gasteiger charge is -2.11. The molecule has 0 heterocycles. The van der Waals surface area contributed by atoms with Gasteiger partial charge in [0.15, 0.2) is 6.61 Å².